The standard InChI is InChI=1S/C21H29N3O3/c1-21(2,3)19(24-14-16-9-11-23-12-10-16)18(25)17(27-20(22)26)13-15-7-5-4-6-8-15/h4-12,17-19,24-25H,13-14H2,1-3H3,(H2,22,26)/t17-,18-,19?/m0/s1. The average molecular weight is 371 g/mol. The second-order valence-electron chi connectivity index (χ2n) is 7.74. The van der Waals surface area contributed by atoms with Gasteiger partial charge in [0.25, 0.3) is 0 Å². The fourth-order valence-electron chi connectivity index (χ4n) is 3.11. The number of rotatable bonds is 8. The molecule has 0 aliphatic heterocycles. The van der Waals surface area contributed by atoms with Gasteiger partial charge in [0, 0.05) is 31.4 Å². The zero-order chi connectivity index (χ0) is 19.9. The van der Waals surface area contributed by atoms with Crippen LogP contribution in [0.3, 0.4) is 0 Å². The van der Waals surface area contributed by atoms with Crippen LogP contribution in [0.5, 0.6) is 0 Å². The van der Waals surface area contributed by atoms with Crippen LogP contribution in [0.15, 0.2) is 54.9 Å². The molecule has 3 atom stereocenters. The molecule has 0 saturated heterocycles. The van der Waals surface area contributed by atoms with Crippen molar-refractivity contribution in [3.63, 3.8) is 0 Å². The number of amides is 1. The number of nitrogens with zero attached hydrogens (tertiary/aromatic N) is 1. The quantitative estimate of drug-likeness (QED) is 0.663. The van der Waals surface area contributed by atoms with E-state index in [1.165, 1.54) is 0 Å². The van der Waals surface area contributed by atoms with Crippen molar-refractivity contribution in [3.05, 3.63) is 66.0 Å². The topological polar surface area (TPSA) is 97.5 Å². The van der Waals surface area contributed by atoms with Gasteiger partial charge in [0.1, 0.15) is 12.2 Å². The third kappa shape index (κ3) is 6.66. The molecule has 0 aliphatic rings. The Hall–Kier alpha value is -2.44. The van der Waals surface area contributed by atoms with Crippen molar-refractivity contribution in [1.29, 1.82) is 0 Å². The van der Waals surface area contributed by atoms with Gasteiger partial charge in [0.15, 0.2) is 0 Å². The summed E-state index contributed by atoms with van der Waals surface area (Å²) in [6.07, 6.45) is 1.27. The molecule has 1 heterocycles. The van der Waals surface area contributed by atoms with Crippen LogP contribution in [-0.4, -0.2) is 34.4 Å². The number of carbonyl (C=O) groups is 1. The monoisotopic (exact) mass is 371 g/mol. The molecule has 0 bridgehead atoms. The first kappa shape index (κ1) is 20.9. The zero-order valence-corrected chi connectivity index (χ0v) is 16.1. The SMILES string of the molecule is CC(C)(C)C(NCc1ccncc1)[C@@H](O)[C@H](Cc1ccccc1)OC(N)=O. The van der Waals surface area contributed by atoms with Crippen molar-refractivity contribution < 1.29 is 14.6 Å². The summed E-state index contributed by atoms with van der Waals surface area (Å²) in [4.78, 5) is 15.4. The molecule has 4 N–H and O–H groups in total. The molecule has 27 heavy (non-hydrogen) atoms. The second kappa shape index (κ2) is 9.48. The van der Waals surface area contributed by atoms with Gasteiger partial charge in [-0.25, -0.2) is 4.79 Å². The van der Waals surface area contributed by atoms with Gasteiger partial charge in [-0.3, -0.25) is 4.98 Å². The summed E-state index contributed by atoms with van der Waals surface area (Å²) in [7, 11) is 0. The molecule has 0 aliphatic carbocycles. The normalized spacial score (nSPS) is 15.0. The lowest BCUT2D eigenvalue weighted by molar-refractivity contribution is -0.0355. The van der Waals surface area contributed by atoms with E-state index in [0.717, 1.165) is 11.1 Å². The molecule has 0 fully saturated rings. The summed E-state index contributed by atoms with van der Waals surface area (Å²) < 4.78 is 5.28. The van der Waals surface area contributed by atoms with Crippen LogP contribution in [0.4, 0.5) is 4.79 Å². The average Bonchev–Trinajstić information content (AvgIpc) is 2.61. The van der Waals surface area contributed by atoms with Crippen LogP contribution in [0.25, 0.3) is 0 Å². The van der Waals surface area contributed by atoms with E-state index < -0.39 is 18.3 Å². The maximum atomic E-state index is 11.4. The van der Waals surface area contributed by atoms with Gasteiger partial charge in [0.2, 0.25) is 0 Å². The van der Waals surface area contributed by atoms with Gasteiger partial charge >= 0.3 is 6.09 Å². The number of nitrogens with one attached hydrogen (secondary N) is 1. The molecule has 1 unspecified atom stereocenters. The number of hydrogen-bond acceptors (Lipinski definition) is 5. The predicted molar refractivity (Wildman–Crippen MR) is 105 cm³/mol. The Labute approximate surface area is 160 Å². The van der Waals surface area contributed by atoms with Gasteiger partial charge in [0.05, 0.1) is 0 Å². The Morgan fingerprint density at radius 2 is 1.78 bits per heavy atom. The Balaban J connectivity index is 2.17. The fraction of sp³-hybridized carbons (Fsp3) is 0.429. The van der Waals surface area contributed by atoms with Crippen LogP contribution in [-0.2, 0) is 17.7 Å². The summed E-state index contributed by atoms with van der Waals surface area (Å²) >= 11 is 0. The number of aromatic nitrogens is 1. The second-order valence-corrected chi connectivity index (χ2v) is 7.74. The largest absolute Gasteiger partial charge is 0.443 e. The summed E-state index contributed by atoms with van der Waals surface area (Å²) in [5.41, 5.74) is 7.00. The highest BCUT2D eigenvalue weighted by atomic mass is 16.6. The predicted octanol–water partition coefficient (Wildman–Crippen LogP) is 2.65. The van der Waals surface area contributed by atoms with Gasteiger partial charge in [-0.1, -0.05) is 51.1 Å². The van der Waals surface area contributed by atoms with E-state index in [-0.39, 0.29) is 11.5 Å². The Bertz CT molecular complexity index is 702. The highest BCUT2D eigenvalue weighted by Gasteiger charge is 2.37. The Morgan fingerprint density at radius 1 is 1.15 bits per heavy atom. The molecular formula is C21H29N3O3. The first-order chi connectivity index (χ1) is 12.8. The lowest BCUT2D eigenvalue weighted by Gasteiger charge is -2.38. The smallest absolute Gasteiger partial charge is 0.404 e. The molecule has 0 saturated carbocycles. The van der Waals surface area contributed by atoms with Gasteiger partial charge < -0.3 is 20.9 Å². The number of aliphatic hydroxyl groups excluding tert-OH is 1. The number of aliphatic hydroxyl groups is 1. The molecule has 1 aromatic carbocycles. The van der Waals surface area contributed by atoms with Crippen LogP contribution >= 0.6 is 0 Å². The molecule has 6 nitrogen and oxygen atoms in total. The maximum Gasteiger partial charge on any atom is 0.404 e. The molecule has 146 valence electrons. The summed E-state index contributed by atoms with van der Waals surface area (Å²) in [6.45, 7) is 6.66. The maximum absolute atomic E-state index is 11.4. The number of hydrogen-bond donors (Lipinski definition) is 3. The van der Waals surface area contributed by atoms with Gasteiger partial charge in [-0.15, -0.1) is 0 Å². The minimum atomic E-state index is -0.931. The molecule has 1 aromatic heterocycles. The number of primary amides is 1. The van der Waals surface area contributed by atoms with Crippen molar-refractivity contribution in [3.8, 4) is 0 Å². The van der Waals surface area contributed by atoms with Crippen LogP contribution < -0.4 is 11.1 Å². The van der Waals surface area contributed by atoms with Crippen molar-refractivity contribution in [2.75, 3.05) is 0 Å². The zero-order valence-electron chi connectivity index (χ0n) is 16.1. The van der Waals surface area contributed by atoms with E-state index in [0.29, 0.717) is 13.0 Å². The van der Waals surface area contributed by atoms with E-state index in [1.807, 2.05) is 63.2 Å². The van der Waals surface area contributed by atoms with E-state index in [4.69, 9.17) is 10.5 Å². The van der Waals surface area contributed by atoms with Crippen molar-refractivity contribution in [2.24, 2.45) is 11.1 Å². The molecule has 0 spiro atoms. The highest BCUT2D eigenvalue weighted by Crippen LogP contribution is 2.26. The lowest BCUT2D eigenvalue weighted by Crippen LogP contribution is -2.54. The molecule has 1 amide bonds. The minimum Gasteiger partial charge on any atom is -0.443 e. The Morgan fingerprint density at radius 3 is 2.33 bits per heavy atom. The van der Waals surface area contributed by atoms with E-state index in [2.05, 4.69) is 10.3 Å². The number of ether oxygens (including phenoxy) is 1. The van der Waals surface area contributed by atoms with Gasteiger partial charge in [-0.05, 0) is 28.7 Å². The fourth-order valence-corrected chi connectivity index (χ4v) is 3.11. The number of carbonyl (C=O) groups excluding carboxylic acids is 1. The number of pyridine rings is 1. The van der Waals surface area contributed by atoms with E-state index in [9.17, 15) is 9.90 Å². The van der Waals surface area contributed by atoms with Crippen LogP contribution in [0, 0.1) is 5.41 Å². The lowest BCUT2D eigenvalue weighted by atomic mass is 9.80. The van der Waals surface area contributed by atoms with Crippen LogP contribution in [0.2, 0.25) is 0 Å². The Kier molecular flexibility index (Phi) is 7.33. The highest BCUT2D eigenvalue weighted by molar-refractivity contribution is 5.64. The van der Waals surface area contributed by atoms with E-state index >= 15 is 0 Å². The molecule has 6 heteroatoms. The summed E-state index contributed by atoms with van der Waals surface area (Å²) in [5.74, 6) is 0. The van der Waals surface area contributed by atoms with Crippen molar-refractivity contribution in [1.82, 2.24) is 10.3 Å². The summed E-state index contributed by atoms with van der Waals surface area (Å²) in [6, 6.07) is 13.1. The third-order valence-corrected chi connectivity index (χ3v) is 4.48. The van der Waals surface area contributed by atoms with E-state index in [1.54, 1.807) is 12.4 Å². The van der Waals surface area contributed by atoms with Crippen molar-refractivity contribution >= 4 is 6.09 Å². The third-order valence-electron chi connectivity index (χ3n) is 4.48. The van der Waals surface area contributed by atoms with Crippen LogP contribution in [0.1, 0.15) is 31.9 Å². The van der Waals surface area contributed by atoms with Crippen molar-refractivity contribution in [2.45, 2.75) is 52.0 Å². The minimum absolute atomic E-state index is 0.275. The first-order valence-corrected chi connectivity index (χ1v) is 9.07. The molecule has 2 rings (SSSR count). The summed E-state index contributed by atoms with van der Waals surface area (Å²) in [5, 5.41) is 14.5. The first-order valence-electron chi connectivity index (χ1n) is 9.07. The molecular weight excluding hydrogens is 342 g/mol. The molecule has 2 aromatic rings. The van der Waals surface area contributed by atoms with Gasteiger partial charge in [-0.2, -0.15) is 0 Å². The molecule has 0 radical (unpaired) electrons. The number of benzene rings is 1. The number of nitrogens with two attached hydrogens (primary N) is 1.